The Balaban J connectivity index is 1.90. The van der Waals surface area contributed by atoms with Gasteiger partial charge >= 0.3 is 6.03 Å². The van der Waals surface area contributed by atoms with Crippen molar-refractivity contribution in [2.24, 2.45) is 0 Å². The van der Waals surface area contributed by atoms with Gasteiger partial charge in [-0.15, -0.1) is 0 Å². The zero-order valence-electron chi connectivity index (χ0n) is 12.3. The number of hydrogen-bond acceptors (Lipinski definition) is 2. The van der Waals surface area contributed by atoms with Crippen LogP contribution in [0, 0.1) is 0 Å². The van der Waals surface area contributed by atoms with Crippen molar-refractivity contribution in [1.29, 1.82) is 0 Å². The molecule has 1 aliphatic heterocycles. The van der Waals surface area contributed by atoms with Gasteiger partial charge in [0.1, 0.15) is 5.54 Å². The van der Waals surface area contributed by atoms with Crippen LogP contribution in [0.5, 0.6) is 0 Å². The van der Waals surface area contributed by atoms with E-state index in [9.17, 15) is 9.59 Å². The predicted octanol–water partition coefficient (Wildman–Crippen LogP) is 3.96. The van der Waals surface area contributed by atoms with Crippen LogP contribution in [0.2, 0.25) is 10.0 Å². The second kappa shape index (κ2) is 5.87. The van der Waals surface area contributed by atoms with Crippen LogP contribution in [0.1, 0.15) is 18.1 Å². The van der Waals surface area contributed by atoms with Crippen LogP contribution in [-0.4, -0.2) is 16.8 Å². The Morgan fingerprint density at radius 1 is 1.04 bits per heavy atom. The molecule has 2 aromatic carbocycles. The minimum Gasteiger partial charge on any atom is -0.319 e. The van der Waals surface area contributed by atoms with E-state index in [1.807, 2.05) is 6.07 Å². The molecule has 0 aliphatic carbocycles. The molecule has 3 amide bonds. The van der Waals surface area contributed by atoms with E-state index in [-0.39, 0.29) is 12.5 Å². The van der Waals surface area contributed by atoms with Crippen molar-refractivity contribution in [3.63, 3.8) is 0 Å². The largest absolute Gasteiger partial charge is 0.325 e. The number of carbonyl (C=O) groups is 2. The number of amides is 3. The molecular weight excluding hydrogens is 335 g/mol. The van der Waals surface area contributed by atoms with Gasteiger partial charge in [0.15, 0.2) is 0 Å². The third-order valence-corrected chi connectivity index (χ3v) is 4.60. The lowest BCUT2D eigenvalue weighted by molar-refractivity contribution is -0.131. The van der Waals surface area contributed by atoms with Gasteiger partial charge in [0.2, 0.25) is 0 Å². The summed E-state index contributed by atoms with van der Waals surface area (Å²) in [7, 11) is 0. The number of halogens is 2. The first-order valence-corrected chi connectivity index (χ1v) is 7.81. The van der Waals surface area contributed by atoms with Crippen molar-refractivity contribution in [1.82, 2.24) is 10.2 Å². The Morgan fingerprint density at radius 3 is 2.35 bits per heavy atom. The molecule has 0 unspecified atom stereocenters. The molecule has 6 heteroatoms. The smallest absolute Gasteiger partial charge is 0.319 e. The number of nitrogens with one attached hydrogen (secondary N) is 1. The molecule has 1 aliphatic rings. The number of nitrogens with zero attached hydrogens (tertiary/aromatic N) is 1. The molecule has 0 saturated carbocycles. The highest BCUT2D eigenvalue weighted by molar-refractivity contribution is 6.31. The molecule has 1 N–H and O–H groups in total. The van der Waals surface area contributed by atoms with E-state index in [0.717, 1.165) is 5.56 Å². The summed E-state index contributed by atoms with van der Waals surface area (Å²) in [4.78, 5) is 26.3. The van der Waals surface area contributed by atoms with Gasteiger partial charge in [-0.1, -0.05) is 53.5 Å². The molecule has 118 valence electrons. The number of imide groups is 1. The van der Waals surface area contributed by atoms with Crippen LogP contribution in [0.25, 0.3) is 0 Å². The van der Waals surface area contributed by atoms with Crippen molar-refractivity contribution in [2.45, 2.75) is 19.0 Å². The van der Waals surface area contributed by atoms with E-state index in [1.54, 1.807) is 49.4 Å². The number of carbonyl (C=O) groups excluding carboxylic acids is 2. The second-order valence-electron chi connectivity index (χ2n) is 5.54. The fourth-order valence-electron chi connectivity index (χ4n) is 2.62. The summed E-state index contributed by atoms with van der Waals surface area (Å²) in [5.74, 6) is -0.315. The van der Waals surface area contributed by atoms with Gasteiger partial charge in [-0.25, -0.2) is 4.79 Å². The Labute approximate surface area is 144 Å². The molecule has 3 rings (SSSR count). The number of benzene rings is 2. The van der Waals surface area contributed by atoms with Crippen molar-refractivity contribution >= 4 is 35.1 Å². The van der Waals surface area contributed by atoms with Crippen molar-refractivity contribution in [2.75, 3.05) is 0 Å². The Bertz CT molecular complexity index is 776. The highest BCUT2D eigenvalue weighted by atomic mass is 35.5. The molecule has 4 nitrogen and oxygen atoms in total. The first kappa shape index (κ1) is 15.8. The van der Waals surface area contributed by atoms with E-state index in [0.29, 0.717) is 15.6 Å². The summed E-state index contributed by atoms with van der Waals surface area (Å²) >= 11 is 12.0. The fraction of sp³-hybridized carbons (Fsp3) is 0.176. The molecular formula is C17H14Cl2N2O2. The lowest BCUT2D eigenvalue weighted by Crippen LogP contribution is -2.40. The van der Waals surface area contributed by atoms with Crippen molar-refractivity contribution in [3.05, 3.63) is 69.7 Å². The highest BCUT2D eigenvalue weighted by Gasteiger charge is 2.48. The van der Waals surface area contributed by atoms with Crippen molar-refractivity contribution in [3.8, 4) is 0 Å². The molecule has 0 bridgehead atoms. The molecule has 1 atom stereocenters. The zero-order chi connectivity index (χ0) is 16.6. The number of hydrogen-bond donors (Lipinski definition) is 1. The van der Waals surface area contributed by atoms with Crippen molar-refractivity contribution < 1.29 is 9.59 Å². The SMILES string of the molecule is C[C@@]1(c2ccc(Cl)cc2)NC(=O)N(Cc2ccccc2Cl)C1=O. The maximum atomic E-state index is 12.8. The molecule has 23 heavy (non-hydrogen) atoms. The molecule has 1 saturated heterocycles. The van der Waals surface area contributed by atoms with Crippen LogP contribution in [0.15, 0.2) is 48.5 Å². The number of urea groups is 1. The zero-order valence-corrected chi connectivity index (χ0v) is 13.9. The molecule has 0 spiro atoms. The van der Waals surface area contributed by atoms with Gasteiger partial charge in [0, 0.05) is 10.0 Å². The van der Waals surface area contributed by atoms with Crippen LogP contribution in [0.4, 0.5) is 4.79 Å². The maximum absolute atomic E-state index is 12.8. The van der Waals surface area contributed by atoms with E-state index < -0.39 is 11.6 Å². The minimum atomic E-state index is -1.11. The monoisotopic (exact) mass is 348 g/mol. The lowest BCUT2D eigenvalue weighted by Gasteiger charge is -2.22. The maximum Gasteiger partial charge on any atom is 0.325 e. The predicted molar refractivity (Wildman–Crippen MR) is 89.3 cm³/mol. The Kier molecular flexibility index (Phi) is 4.04. The highest BCUT2D eigenvalue weighted by Crippen LogP contribution is 2.31. The first-order valence-electron chi connectivity index (χ1n) is 7.05. The summed E-state index contributed by atoms with van der Waals surface area (Å²) < 4.78 is 0. The fourth-order valence-corrected chi connectivity index (χ4v) is 2.94. The first-order chi connectivity index (χ1) is 10.9. The Morgan fingerprint density at radius 2 is 1.70 bits per heavy atom. The molecule has 1 heterocycles. The summed E-state index contributed by atoms with van der Waals surface area (Å²) in [6, 6.07) is 13.6. The van der Waals surface area contributed by atoms with E-state index in [1.165, 1.54) is 4.90 Å². The van der Waals surface area contributed by atoms with Crippen LogP contribution < -0.4 is 5.32 Å². The average molecular weight is 349 g/mol. The quantitative estimate of drug-likeness (QED) is 0.853. The van der Waals surface area contributed by atoms with Gasteiger partial charge in [-0.05, 0) is 36.2 Å². The van der Waals surface area contributed by atoms with Crippen LogP contribution in [0.3, 0.4) is 0 Å². The van der Waals surface area contributed by atoms with E-state index in [2.05, 4.69) is 5.32 Å². The lowest BCUT2D eigenvalue weighted by atomic mass is 9.92. The van der Waals surface area contributed by atoms with Crippen LogP contribution >= 0.6 is 23.2 Å². The van der Waals surface area contributed by atoms with E-state index >= 15 is 0 Å². The Hall–Kier alpha value is -2.04. The molecule has 0 radical (unpaired) electrons. The number of rotatable bonds is 3. The van der Waals surface area contributed by atoms with Gasteiger partial charge in [-0.3, -0.25) is 9.69 Å². The van der Waals surface area contributed by atoms with Crippen LogP contribution in [-0.2, 0) is 16.9 Å². The van der Waals surface area contributed by atoms with Gasteiger partial charge in [-0.2, -0.15) is 0 Å². The standard InChI is InChI=1S/C17H14Cl2N2O2/c1-17(12-6-8-13(18)9-7-12)15(22)21(16(23)20-17)10-11-4-2-3-5-14(11)19/h2-9H,10H2,1H3,(H,20,23)/t17-/m0/s1. The van der Waals surface area contributed by atoms with Gasteiger partial charge < -0.3 is 5.32 Å². The summed E-state index contributed by atoms with van der Waals surface area (Å²) in [6.45, 7) is 1.82. The minimum absolute atomic E-state index is 0.132. The third kappa shape index (κ3) is 2.80. The topological polar surface area (TPSA) is 49.4 Å². The summed E-state index contributed by atoms with van der Waals surface area (Å²) in [5.41, 5.74) is 0.295. The summed E-state index contributed by atoms with van der Waals surface area (Å²) in [5, 5.41) is 3.85. The molecule has 0 aromatic heterocycles. The summed E-state index contributed by atoms with van der Waals surface area (Å²) in [6.07, 6.45) is 0. The normalized spacial score (nSPS) is 20.7. The second-order valence-corrected chi connectivity index (χ2v) is 6.39. The van der Waals surface area contributed by atoms with Gasteiger partial charge in [0.25, 0.3) is 5.91 Å². The van der Waals surface area contributed by atoms with Gasteiger partial charge in [0.05, 0.1) is 6.54 Å². The third-order valence-electron chi connectivity index (χ3n) is 3.98. The molecule has 2 aromatic rings. The molecule has 1 fully saturated rings. The average Bonchev–Trinajstić information content (AvgIpc) is 2.74. The van der Waals surface area contributed by atoms with E-state index in [4.69, 9.17) is 23.2 Å².